The van der Waals surface area contributed by atoms with E-state index in [1.165, 1.54) is 19.3 Å². The number of carbonyl (C=O) groups is 4. The van der Waals surface area contributed by atoms with E-state index in [0.717, 1.165) is 22.2 Å². The van der Waals surface area contributed by atoms with Crippen LogP contribution in [0.25, 0.3) is 6.08 Å². The highest BCUT2D eigenvalue weighted by Crippen LogP contribution is 2.34. The van der Waals surface area contributed by atoms with Crippen LogP contribution in [0.15, 0.2) is 47.4 Å². The second kappa shape index (κ2) is 10.0. The van der Waals surface area contributed by atoms with Crippen LogP contribution in [0.4, 0.5) is 10.5 Å². The minimum absolute atomic E-state index is 0.152. The number of carboxylic acid groups (broad SMARTS) is 1. The molecule has 3 amide bonds. The molecule has 10 heteroatoms. The summed E-state index contributed by atoms with van der Waals surface area (Å²) in [6, 6.07) is 11.8. The van der Waals surface area contributed by atoms with Gasteiger partial charge in [-0.1, -0.05) is 23.8 Å². The molecule has 1 aliphatic heterocycles. The predicted octanol–water partition coefficient (Wildman–Crippen LogP) is 3.14. The normalized spacial score (nSPS) is 14.6. The van der Waals surface area contributed by atoms with Gasteiger partial charge in [0, 0.05) is 5.69 Å². The van der Waals surface area contributed by atoms with Crippen molar-refractivity contribution in [2.24, 2.45) is 0 Å². The first kappa shape index (κ1) is 22.9. The topological polar surface area (TPSA) is 122 Å². The molecular weight excluding hydrogens is 436 g/mol. The first-order valence-electron chi connectivity index (χ1n) is 9.41. The SMILES string of the molecule is COc1cc(C=C2SC(=O)N(CC(=O)Nc3ccc(C)cc3)C2=O)ccc1OCC(=O)O. The Kier molecular flexibility index (Phi) is 7.16. The van der Waals surface area contributed by atoms with Crippen molar-refractivity contribution < 1.29 is 33.8 Å². The maximum absolute atomic E-state index is 12.7. The lowest BCUT2D eigenvalue weighted by molar-refractivity contribution is -0.139. The lowest BCUT2D eigenvalue weighted by atomic mass is 10.2. The van der Waals surface area contributed by atoms with Crippen LogP contribution >= 0.6 is 11.8 Å². The van der Waals surface area contributed by atoms with Crippen molar-refractivity contribution in [3.63, 3.8) is 0 Å². The van der Waals surface area contributed by atoms with Gasteiger partial charge in [0.25, 0.3) is 11.1 Å². The maximum atomic E-state index is 12.7. The molecule has 0 saturated carbocycles. The van der Waals surface area contributed by atoms with Gasteiger partial charge in [0.15, 0.2) is 18.1 Å². The predicted molar refractivity (Wildman–Crippen MR) is 119 cm³/mol. The number of carboxylic acids is 1. The molecule has 9 nitrogen and oxygen atoms in total. The van der Waals surface area contributed by atoms with E-state index in [0.29, 0.717) is 11.3 Å². The molecule has 1 aliphatic rings. The van der Waals surface area contributed by atoms with Gasteiger partial charge in [-0.3, -0.25) is 19.3 Å². The van der Waals surface area contributed by atoms with E-state index < -0.39 is 36.2 Å². The summed E-state index contributed by atoms with van der Waals surface area (Å²) in [5.74, 6) is -1.69. The Morgan fingerprint density at radius 2 is 1.84 bits per heavy atom. The minimum atomic E-state index is -1.13. The molecule has 1 heterocycles. The summed E-state index contributed by atoms with van der Waals surface area (Å²) in [5.41, 5.74) is 2.15. The Morgan fingerprint density at radius 3 is 2.50 bits per heavy atom. The van der Waals surface area contributed by atoms with Crippen molar-refractivity contribution in [3.05, 3.63) is 58.5 Å². The molecule has 1 fully saturated rings. The smallest absolute Gasteiger partial charge is 0.341 e. The zero-order valence-corrected chi connectivity index (χ0v) is 18.1. The molecule has 166 valence electrons. The van der Waals surface area contributed by atoms with E-state index >= 15 is 0 Å². The second-order valence-electron chi connectivity index (χ2n) is 6.77. The summed E-state index contributed by atoms with van der Waals surface area (Å²) in [7, 11) is 1.40. The van der Waals surface area contributed by atoms with Gasteiger partial charge >= 0.3 is 5.97 Å². The molecule has 0 aromatic heterocycles. The average molecular weight is 456 g/mol. The van der Waals surface area contributed by atoms with Crippen LogP contribution in [-0.2, 0) is 14.4 Å². The van der Waals surface area contributed by atoms with Crippen LogP contribution < -0.4 is 14.8 Å². The Bertz CT molecular complexity index is 1100. The van der Waals surface area contributed by atoms with Crippen molar-refractivity contribution in [1.82, 2.24) is 4.90 Å². The molecule has 0 spiro atoms. The number of nitrogens with one attached hydrogen (secondary N) is 1. The van der Waals surface area contributed by atoms with Crippen LogP contribution in [0.1, 0.15) is 11.1 Å². The van der Waals surface area contributed by atoms with Gasteiger partial charge in [-0.25, -0.2) is 4.79 Å². The minimum Gasteiger partial charge on any atom is -0.493 e. The van der Waals surface area contributed by atoms with Crippen molar-refractivity contribution >= 4 is 46.5 Å². The fraction of sp³-hybridized carbons (Fsp3) is 0.182. The molecule has 0 radical (unpaired) electrons. The van der Waals surface area contributed by atoms with Gasteiger partial charge in [-0.15, -0.1) is 0 Å². The third kappa shape index (κ3) is 5.67. The summed E-state index contributed by atoms with van der Waals surface area (Å²) >= 11 is 0.727. The van der Waals surface area contributed by atoms with Gasteiger partial charge in [0.05, 0.1) is 12.0 Å². The summed E-state index contributed by atoms with van der Waals surface area (Å²) in [5, 5.41) is 10.8. The number of benzene rings is 2. The van der Waals surface area contributed by atoms with Crippen molar-refractivity contribution in [2.45, 2.75) is 6.92 Å². The largest absolute Gasteiger partial charge is 0.493 e. The standard InChI is InChI=1S/C22H20N2O7S/c1-13-3-6-15(7-4-13)23-19(25)11-24-21(28)18(32-22(24)29)10-14-5-8-16(17(9-14)30-2)31-12-20(26)27/h3-10H,11-12H2,1-2H3,(H,23,25)(H,26,27). The lowest BCUT2D eigenvalue weighted by Crippen LogP contribution is -2.36. The van der Waals surface area contributed by atoms with Crippen molar-refractivity contribution in [3.8, 4) is 11.5 Å². The van der Waals surface area contributed by atoms with Gasteiger partial charge in [-0.05, 0) is 54.6 Å². The number of methoxy groups -OCH3 is 1. The number of aryl methyl sites for hydroxylation is 1. The fourth-order valence-corrected chi connectivity index (χ4v) is 3.64. The van der Waals surface area contributed by atoms with Gasteiger partial charge in [-0.2, -0.15) is 0 Å². The van der Waals surface area contributed by atoms with Crippen LogP contribution in [0, 0.1) is 6.92 Å². The fourth-order valence-electron chi connectivity index (χ4n) is 2.80. The van der Waals surface area contributed by atoms with E-state index in [1.807, 2.05) is 19.1 Å². The monoisotopic (exact) mass is 456 g/mol. The van der Waals surface area contributed by atoms with Crippen LogP contribution in [0.3, 0.4) is 0 Å². The number of nitrogens with zero attached hydrogens (tertiary/aromatic N) is 1. The number of rotatable bonds is 8. The first-order valence-corrected chi connectivity index (χ1v) is 10.2. The van der Waals surface area contributed by atoms with Crippen LogP contribution in [0.5, 0.6) is 11.5 Å². The number of ether oxygens (including phenoxy) is 2. The van der Waals surface area contributed by atoms with E-state index in [4.69, 9.17) is 14.6 Å². The molecular formula is C22H20N2O7S. The number of amides is 3. The number of thioether (sulfide) groups is 1. The molecule has 2 aromatic carbocycles. The molecule has 0 atom stereocenters. The third-order valence-corrected chi connectivity index (χ3v) is 5.25. The Labute approximate surface area is 188 Å². The van der Waals surface area contributed by atoms with E-state index in [1.54, 1.807) is 24.3 Å². The highest BCUT2D eigenvalue weighted by Gasteiger charge is 2.36. The van der Waals surface area contributed by atoms with Gasteiger partial charge < -0.3 is 19.9 Å². The number of imide groups is 1. The third-order valence-electron chi connectivity index (χ3n) is 4.35. The number of hydrogen-bond acceptors (Lipinski definition) is 7. The molecule has 2 N–H and O–H groups in total. The number of aliphatic carboxylic acids is 1. The summed E-state index contributed by atoms with van der Waals surface area (Å²) in [6.07, 6.45) is 1.49. The Morgan fingerprint density at radius 1 is 1.12 bits per heavy atom. The maximum Gasteiger partial charge on any atom is 0.341 e. The van der Waals surface area contributed by atoms with Crippen molar-refractivity contribution in [2.75, 3.05) is 25.6 Å². The molecule has 0 bridgehead atoms. The van der Waals surface area contributed by atoms with Crippen LogP contribution in [-0.4, -0.2) is 53.3 Å². The second-order valence-corrected chi connectivity index (χ2v) is 7.77. The highest BCUT2D eigenvalue weighted by molar-refractivity contribution is 8.18. The summed E-state index contributed by atoms with van der Waals surface area (Å²) in [6.45, 7) is 0.991. The number of hydrogen-bond donors (Lipinski definition) is 2. The lowest BCUT2D eigenvalue weighted by Gasteiger charge is -2.12. The molecule has 3 rings (SSSR count). The zero-order chi connectivity index (χ0) is 23.3. The van der Waals surface area contributed by atoms with Crippen LogP contribution in [0.2, 0.25) is 0 Å². The average Bonchev–Trinajstić information content (AvgIpc) is 3.01. The van der Waals surface area contributed by atoms with Gasteiger partial charge in [0.2, 0.25) is 5.91 Å². The molecule has 0 unspecified atom stereocenters. The highest BCUT2D eigenvalue weighted by atomic mass is 32.2. The molecule has 0 aliphatic carbocycles. The summed E-state index contributed by atoms with van der Waals surface area (Å²) < 4.78 is 10.3. The Balaban J connectivity index is 1.70. The zero-order valence-electron chi connectivity index (χ0n) is 17.3. The number of carbonyl (C=O) groups excluding carboxylic acids is 3. The molecule has 2 aromatic rings. The number of anilines is 1. The quantitative estimate of drug-likeness (QED) is 0.581. The van der Waals surface area contributed by atoms with E-state index in [-0.39, 0.29) is 16.4 Å². The van der Waals surface area contributed by atoms with E-state index in [2.05, 4.69) is 5.32 Å². The van der Waals surface area contributed by atoms with Crippen molar-refractivity contribution in [1.29, 1.82) is 0 Å². The Hall–Kier alpha value is -3.79. The molecule has 1 saturated heterocycles. The van der Waals surface area contributed by atoms with E-state index in [9.17, 15) is 19.2 Å². The summed E-state index contributed by atoms with van der Waals surface area (Å²) in [4.78, 5) is 48.9. The molecule has 32 heavy (non-hydrogen) atoms. The first-order chi connectivity index (χ1) is 15.3. The van der Waals surface area contributed by atoms with Gasteiger partial charge in [0.1, 0.15) is 6.54 Å².